The van der Waals surface area contributed by atoms with Crippen molar-refractivity contribution in [2.75, 3.05) is 19.8 Å². The average Bonchev–Trinajstić information content (AvgIpc) is 2.52. The van der Waals surface area contributed by atoms with Crippen LogP contribution in [0.1, 0.15) is 13.3 Å². The van der Waals surface area contributed by atoms with Gasteiger partial charge in [-0.05, 0) is 6.42 Å². The van der Waals surface area contributed by atoms with Crippen LogP contribution in [0.3, 0.4) is 0 Å². The quantitative estimate of drug-likeness (QED) is 0.608. The molecule has 3 N–H and O–H groups in total. The first-order chi connectivity index (χ1) is 9.71. The predicted molar refractivity (Wildman–Crippen MR) is 91.8 cm³/mol. The van der Waals surface area contributed by atoms with Gasteiger partial charge in [-0.1, -0.05) is 6.92 Å². The van der Waals surface area contributed by atoms with Crippen LogP contribution in [0.15, 0.2) is 0 Å². The number of rotatable bonds is 4. The van der Waals surface area contributed by atoms with Crippen molar-refractivity contribution in [2.45, 2.75) is 45.6 Å². The summed E-state index contributed by atoms with van der Waals surface area (Å²) >= 11 is 35.3. The molecule has 9 heteroatoms. The summed E-state index contributed by atoms with van der Waals surface area (Å²) in [5.74, 6) is 0. The SMILES string of the molecule is CCC(CO)(CO)CO.ClC1C(Cl)C(Cl)C(Cl)C(Cl)C1Cl. The van der Waals surface area contributed by atoms with Gasteiger partial charge >= 0.3 is 0 Å². The van der Waals surface area contributed by atoms with Gasteiger partial charge < -0.3 is 15.3 Å². The third-order valence-corrected chi connectivity index (χ3v) is 7.61. The zero-order valence-corrected chi connectivity index (χ0v) is 15.9. The molecule has 0 aromatic heterocycles. The molecule has 0 heterocycles. The topological polar surface area (TPSA) is 60.7 Å². The molecule has 0 aromatic carbocycles. The summed E-state index contributed by atoms with van der Waals surface area (Å²) < 4.78 is 0. The Morgan fingerprint density at radius 1 is 0.619 bits per heavy atom. The number of hydrogen-bond donors (Lipinski definition) is 3. The zero-order valence-electron chi connectivity index (χ0n) is 11.4. The van der Waals surface area contributed by atoms with E-state index in [9.17, 15) is 0 Å². The first-order valence-electron chi connectivity index (χ1n) is 6.38. The molecular weight excluding hydrogens is 405 g/mol. The lowest BCUT2D eigenvalue weighted by atomic mass is 9.88. The van der Waals surface area contributed by atoms with E-state index in [4.69, 9.17) is 84.9 Å². The van der Waals surface area contributed by atoms with Gasteiger partial charge in [0.2, 0.25) is 0 Å². The highest BCUT2D eigenvalue weighted by Gasteiger charge is 2.46. The normalized spacial score (nSPS) is 36.9. The fourth-order valence-corrected chi connectivity index (χ4v) is 3.87. The van der Waals surface area contributed by atoms with E-state index in [0.29, 0.717) is 6.42 Å². The molecule has 0 aromatic rings. The van der Waals surface area contributed by atoms with Crippen LogP contribution in [0.25, 0.3) is 0 Å². The largest absolute Gasteiger partial charge is 0.396 e. The standard InChI is InChI=1S/C6H6Cl6.C6H14O3/c7-1-2(8)4(10)6(12)5(11)3(1)9;1-2-6(3-7,4-8)5-9/h1-6H;7-9H,2-5H2,1H3. The van der Waals surface area contributed by atoms with Gasteiger partial charge in [0, 0.05) is 5.41 Å². The van der Waals surface area contributed by atoms with Crippen LogP contribution >= 0.6 is 69.6 Å². The molecular formula is C12H20Cl6O3. The van der Waals surface area contributed by atoms with E-state index in [2.05, 4.69) is 0 Å². The van der Waals surface area contributed by atoms with Crippen LogP contribution in [0.5, 0.6) is 0 Å². The maximum Gasteiger partial charge on any atom is 0.0693 e. The molecule has 0 spiro atoms. The Kier molecular flexibility index (Phi) is 11.3. The minimum atomic E-state index is -0.667. The number of aliphatic hydroxyl groups is 3. The molecule has 1 saturated carbocycles. The molecule has 128 valence electrons. The van der Waals surface area contributed by atoms with Gasteiger partial charge in [-0.2, -0.15) is 0 Å². The lowest BCUT2D eigenvalue weighted by Gasteiger charge is -2.37. The lowest BCUT2D eigenvalue weighted by Crippen LogP contribution is -2.52. The van der Waals surface area contributed by atoms with Crippen LogP contribution < -0.4 is 0 Å². The van der Waals surface area contributed by atoms with Crippen molar-refractivity contribution >= 4 is 69.6 Å². The maximum atomic E-state index is 8.66. The lowest BCUT2D eigenvalue weighted by molar-refractivity contribution is 0.00304. The Morgan fingerprint density at radius 2 is 0.810 bits per heavy atom. The molecule has 3 nitrogen and oxygen atoms in total. The Hall–Kier alpha value is 1.62. The monoisotopic (exact) mass is 422 g/mol. The smallest absolute Gasteiger partial charge is 0.0693 e. The van der Waals surface area contributed by atoms with Crippen molar-refractivity contribution in [3.63, 3.8) is 0 Å². The van der Waals surface area contributed by atoms with Crippen molar-refractivity contribution in [1.29, 1.82) is 0 Å². The fourth-order valence-electron chi connectivity index (χ4n) is 1.54. The van der Waals surface area contributed by atoms with Crippen molar-refractivity contribution in [2.24, 2.45) is 5.41 Å². The van der Waals surface area contributed by atoms with Crippen molar-refractivity contribution < 1.29 is 15.3 Å². The van der Waals surface area contributed by atoms with Gasteiger partial charge in [0.05, 0.1) is 52.1 Å². The van der Waals surface area contributed by atoms with Gasteiger partial charge in [-0.3, -0.25) is 0 Å². The van der Waals surface area contributed by atoms with Crippen molar-refractivity contribution in [3.8, 4) is 0 Å². The molecule has 1 aliphatic carbocycles. The van der Waals surface area contributed by atoms with Gasteiger partial charge in [0.15, 0.2) is 0 Å². The Morgan fingerprint density at radius 3 is 0.857 bits per heavy atom. The summed E-state index contributed by atoms with van der Waals surface area (Å²) in [5.41, 5.74) is -0.667. The second-order valence-corrected chi connectivity index (χ2v) is 8.02. The maximum absolute atomic E-state index is 8.66. The first kappa shape index (κ1) is 22.6. The predicted octanol–water partition coefficient (Wildman–Crippen LogP) is 3.00. The summed E-state index contributed by atoms with van der Waals surface area (Å²) in [6.07, 6.45) is 0.594. The molecule has 0 saturated heterocycles. The number of alkyl halides is 6. The van der Waals surface area contributed by atoms with E-state index in [-0.39, 0.29) is 19.8 Å². The van der Waals surface area contributed by atoms with E-state index >= 15 is 0 Å². The van der Waals surface area contributed by atoms with Crippen LogP contribution in [0, 0.1) is 5.41 Å². The average molecular weight is 425 g/mol. The van der Waals surface area contributed by atoms with Crippen LogP contribution in [0.4, 0.5) is 0 Å². The van der Waals surface area contributed by atoms with Crippen LogP contribution in [-0.2, 0) is 0 Å². The number of halogens is 6. The summed E-state index contributed by atoms with van der Waals surface area (Å²) in [6.45, 7) is 1.35. The minimum Gasteiger partial charge on any atom is -0.396 e. The highest BCUT2D eigenvalue weighted by atomic mass is 35.5. The molecule has 0 radical (unpaired) electrons. The van der Waals surface area contributed by atoms with E-state index in [1.807, 2.05) is 6.92 Å². The summed E-state index contributed by atoms with van der Waals surface area (Å²) in [7, 11) is 0. The third-order valence-electron chi connectivity index (χ3n) is 3.58. The van der Waals surface area contributed by atoms with Crippen LogP contribution in [-0.4, -0.2) is 67.4 Å². The molecule has 0 unspecified atom stereocenters. The molecule has 0 atom stereocenters. The summed E-state index contributed by atoms with van der Waals surface area (Å²) in [5, 5.41) is 23.3. The van der Waals surface area contributed by atoms with E-state index in [1.165, 1.54) is 0 Å². The Labute approximate surface area is 155 Å². The molecule has 1 fully saturated rings. The molecule has 0 amide bonds. The molecule has 21 heavy (non-hydrogen) atoms. The van der Waals surface area contributed by atoms with Gasteiger partial charge in [-0.15, -0.1) is 69.6 Å². The second-order valence-electron chi connectivity index (χ2n) is 4.99. The van der Waals surface area contributed by atoms with Gasteiger partial charge in [0.25, 0.3) is 0 Å². The van der Waals surface area contributed by atoms with E-state index in [0.717, 1.165) is 0 Å². The highest BCUT2D eigenvalue weighted by Crippen LogP contribution is 2.39. The summed E-state index contributed by atoms with van der Waals surface area (Å²) in [6, 6.07) is 0. The minimum absolute atomic E-state index is 0.156. The zero-order chi connectivity index (χ0) is 16.8. The van der Waals surface area contributed by atoms with Gasteiger partial charge in [0.1, 0.15) is 0 Å². The molecule has 1 aliphatic rings. The van der Waals surface area contributed by atoms with Crippen LogP contribution in [0.2, 0.25) is 0 Å². The Bertz CT molecular complexity index is 216. The third kappa shape index (κ3) is 5.88. The second kappa shape index (κ2) is 10.5. The Balaban J connectivity index is 0.000000400. The first-order valence-corrected chi connectivity index (χ1v) is 9.00. The number of hydrogen-bond acceptors (Lipinski definition) is 3. The molecule has 1 rings (SSSR count). The number of aliphatic hydroxyl groups excluding tert-OH is 3. The molecule has 0 bridgehead atoms. The van der Waals surface area contributed by atoms with Crippen molar-refractivity contribution in [3.05, 3.63) is 0 Å². The van der Waals surface area contributed by atoms with Gasteiger partial charge in [-0.25, -0.2) is 0 Å². The van der Waals surface area contributed by atoms with E-state index < -0.39 is 37.7 Å². The van der Waals surface area contributed by atoms with E-state index in [1.54, 1.807) is 0 Å². The fraction of sp³-hybridized carbons (Fsp3) is 1.00. The van der Waals surface area contributed by atoms with Crippen molar-refractivity contribution in [1.82, 2.24) is 0 Å². The summed E-state index contributed by atoms with van der Waals surface area (Å²) in [4.78, 5) is 0. The molecule has 0 aliphatic heterocycles. The highest BCUT2D eigenvalue weighted by molar-refractivity contribution is 6.45.